The molecule has 1 aliphatic rings. The van der Waals surface area contributed by atoms with Gasteiger partial charge in [-0.2, -0.15) is 0 Å². The first-order chi connectivity index (χ1) is 8.12. The van der Waals surface area contributed by atoms with Crippen LogP contribution < -0.4 is 0 Å². The second kappa shape index (κ2) is 5.29. The first kappa shape index (κ1) is 12.7. The zero-order valence-electron chi connectivity index (χ0n) is 9.19. The van der Waals surface area contributed by atoms with E-state index >= 15 is 0 Å². The number of halogens is 1. The highest BCUT2D eigenvalue weighted by Gasteiger charge is 2.41. The predicted octanol–water partition coefficient (Wildman–Crippen LogP) is 3.07. The summed E-state index contributed by atoms with van der Waals surface area (Å²) in [6, 6.07) is 7.30. The highest BCUT2D eigenvalue weighted by molar-refractivity contribution is 8.01. The third kappa shape index (κ3) is 2.94. The van der Waals surface area contributed by atoms with E-state index in [1.807, 2.05) is 12.1 Å². The third-order valence-electron chi connectivity index (χ3n) is 2.80. The predicted molar refractivity (Wildman–Crippen MR) is 67.7 cm³/mol. The highest BCUT2D eigenvalue weighted by atomic mass is 35.5. The van der Waals surface area contributed by atoms with Crippen LogP contribution >= 0.6 is 23.4 Å². The molecule has 5 heteroatoms. The van der Waals surface area contributed by atoms with E-state index in [0.717, 1.165) is 4.90 Å². The Labute approximate surface area is 109 Å². The van der Waals surface area contributed by atoms with Crippen molar-refractivity contribution in [3.63, 3.8) is 0 Å². The van der Waals surface area contributed by atoms with E-state index in [4.69, 9.17) is 16.3 Å². The van der Waals surface area contributed by atoms with E-state index in [9.17, 15) is 9.90 Å². The Balaban J connectivity index is 2.20. The van der Waals surface area contributed by atoms with Gasteiger partial charge in [0.05, 0.1) is 0 Å². The van der Waals surface area contributed by atoms with Crippen LogP contribution in [0.25, 0.3) is 0 Å². The van der Waals surface area contributed by atoms with Crippen LogP contribution in [0.4, 0.5) is 0 Å². The minimum atomic E-state index is -0.775. The van der Waals surface area contributed by atoms with Crippen molar-refractivity contribution in [2.24, 2.45) is 0 Å². The number of hydrogen-bond donors (Lipinski definition) is 1. The molecular formula is C12H13ClO3S. The summed E-state index contributed by atoms with van der Waals surface area (Å²) in [5.41, 5.74) is 0. The fraction of sp³-hybridized carbons (Fsp3) is 0.417. The van der Waals surface area contributed by atoms with E-state index in [-0.39, 0.29) is 0 Å². The summed E-state index contributed by atoms with van der Waals surface area (Å²) in [6.07, 6.45) is 1.05. The van der Waals surface area contributed by atoms with E-state index in [2.05, 4.69) is 0 Å². The summed E-state index contributed by atoms with van der Waals surface area (Å²) >= 11 is 7.27. The molecule has 17 heavy (non-hydrogen) atoms. The summed E-state index contributed by atoms with van der Waals surface area (Å²) < 4.78 is 4.46. The molecule has 1 saturated heterocycles. The number of ether oxygens (including phenoxy) is 1. The number of carboxylic acid groups (broad SMARTS) is 1. The van der Waals surface area contributed by atoms with E-state index in [1.54, 1.807) is 12.1 Å². The number of hydrogen-bond acceptors (Lipinski definition) is 3. The van der Waals surface area contributed by atoms with Crippen LogP contribution in [-0.4, -0.2) is 29.0 Å². The maximum absolute atomic E-state index is 11.5. The zero-order chi connectivity index (χ0) is 12.3. The van der Waals surface area contributed by atoms with Gasteiger partial charge in [0.1, 0.15) is 4.75 Å². The number of carbonyl (C=O) groups is 1. The van der Waals surface area contributed by atoms with Gasteiger partial charge >= 0.3 is 5.97 Å². The summed E-state index contributed by atoms with van der Waals surface area (Å²) in [5, 5.41) is 10.0. The number of carboxylic acids is 1. The van der Waals surface area contributed by atoms with Crippen LogP contribution in [0.5, 0.6) is 0 Å². The average Bonchev–Trinajstić information content (AvgIpc) is 2.30. The molecule has 0 atom stereocenters. The summed E-state index contributed by atoms with van der Waals surface area (Å²) in [5.74, 6) is -0.772. The van der Waals surface area contributed by atoms with Crippen molar-refractivity contribution in [1.29, 1.82) is 0 Å². The monoisotopic (exact) mass is 272 g/mol. The number of thioether (sulfide) groups is 1. The van der Waals surface area contributed by atoms with Crippen LogP contribution in [-0.2, 0) is 9.53 Å². The molecule has 1 heterocycles. The zero-order valence-corrected chi connectivity index (χ0v) is 10.8. The molecule has 92 valence electrons. The molecule has 1 aromatic rings. The number of aliphatic carboxylic acids is 1. The lowest BCUT2D eigenvalue weighted by atomic mass is 9.99. The van der Waals surface area contributed by atoms with Crippen molar-refractivity contribution >= 4 is 29.3 Å². The molecule has 0 aliphatic carbocycles. The molecule has 0 amide bonds. The summed E-state index contributed by atoms with van der Waals surface area (Å²) in [4.78, 5) is 12.3. The number of benzene rings is 1. The Morgan fingerprint density at radius 1 is 1.41 bits per heavy atom. The van der Waals surface area contributed by atoms with Gasteiger partial charge < -0.3 is 9.84 Å². The van der Waals surface area contributed by atoms with Crippen molar-refractivity contribution in [1.82, 2.24) is 0 Å². The normalized spacial score (nSPS) is 18.9. The van der Waals surface area contributed by atoms with E-state index in [0.29, 0.717) is 31.1 Å². The molecule has 1 aromatic carbocycles. The molecule has 0 aromatic heterocycles. The Hall–Kier alpha value is -0.710. The lowest BCUT2D eigenvalue weighted by Crippen LogP contribution is -2.40. The van der Waals surface area contributed by atoms with Crippen LogP contribution in [0.15, 0.2) is 29.2 Å². The third-order valence-corrected chi connectivity index (χ3v) is 4.50. The van der Waals surface area contributed by atoms with Crippen LogP contribution in [0.3, 0.4) is 0 Å². The Morgan fingerprint density at radius 2 is 2.12 bits per heavy atom. The lowest BCUT2D eigenvalue weighted by Gasteiger charge is -2.32. The largest absolute Gasteiger partial charge is 0.480 e. The smallest absolute Gasteiger partial charge is 0.320 e. The fourth-order valence-corrected chi connectivity index (χ4v) is 3.31. The molecule has 0 unspecified atom stereocenters. The van der Waals surface area contributed by atoms with Crippen molar-refractivity contribution in [3.8, 4) is 0 Å². The van der Waals surface area contributed by atoms with Crippen LogP contribution in [0.2, 0.25) is 5.02 Å². The topological polar surface area (TPSA) is 46.5 Å². The Kier molecular flexibility index (Phi) is 3.97. The minimum absolute atomic E-state index is 0.500. The molecule has 2 rings (SSSR count). The summed E-state index contributed by atoms with van der Waals surface area (Å²) in [7, 11) is 0. The Bertz CT molecular complexity index is 416. The van der Waals surface area contributed by atoms with Crippen molar-refractivity contribution < 1.29 is 14.6 Å². The van der Waals surface area contributed by atoms with E-state index in [1.165, 1.54) is 11.8 Å². The van der Waals surface area contributed by atoms with Gasteiger partial charge in [-0.1, -0.05) is 17.7 Å². The van der Waals surface area contributed by atoms with Crippen molar-refractivity contribution in [2.45, 2.75) is 22.5 Å². The Morgan fingerprint density at radius 3 is 2.71 bits per heavy atom. The second-order valence-corrected chi connectivity index (χ2v) is 5.86. The summed E-state index contributed by atoms with van der Waals surface area (Å²) in [6.45, 7) is 1.000. The quantitative estimate of drug-likeness (QED) is 0.919. The molecule has 0 saturated carbocycles. The average molecular weight is 273 g/mol. The molecular weight excluding hydrogens is 260 g/mol. The molecule has 3 nitrogen and oxygen atoms in total. The second-order valence-electron chi connectivity index (χ2n) is 3.97. The van der Waals surface area contributed by atoms with Gasteiger partial charge in [-0.05, 0) is 31.0 Å². The molecule has 0 spiro atoms. The van der Waals surface area contributed by atoms with E-state index < -0.39 is 10.7 Å². The van der Waals surface area contributed by atoms with Gasteiger partial charge in [-0.25, -0.2) is 0 Å². The molecule has 0 bridgehead atoms. The van der Waals surface area contributed by atoms with Gasteiger partial charge in [-0.15, -0.1) is 11.8 Å². The maximum atomic E-state index is 11.5. The highest BCUT2D eigenvalue weighted by Crippen LogP contribution is 2.41. The SMILES string of the molecule is O=C(O)C1(Sc2cccc(Cl)c2)CCOCC1. The molecule has 1 N–H and O–H groups in total. The standard InChI is InChI=1S/C12H13ClO3S/c13-9-2-1-3-10(8-9)17-12(11(14)15)4-6-16-7-5-12/h1-3,8H,4-7H2,(H,14,15). The van der Waals surface area contributed by atoms with Crippen molar-refractivity contribution in [2.75, 3.05) is 13.2 Å². The fourth-order valence-electron chi connectivity index (χ4n) is 1.82. The van der Waals surface area contributed by atoms with Gasteiger partial charge in [0.15, 0.2) is 0 Å². The van der Waals surface area contributed by atoms with Crippen LogP contribution in [0, 0.1) is 0 Å². The number of rotatable bonds is 3. The van der Waals surface area contributed by atoms with Gasteiger partial charge in [0.2, 0.25) is 0 Å². The van der Waals surface area contributed by atoms with Crippen molar-refractivity contribution in [3.05, 3.63) is 29.3 Å². The van der Waals surface area contributed by atoms with Gasteiger partial charge in [0.25, 0.3) is 0 Å². The molecule has 1 fully saturated rings. The lowest BCUT2D eigenvalue weighted by molar-refractivity contribution is -0.142. The first-order valence-corrected chi connectivity index (χ1v) is 6.58. The molecule has 1 aliphatic heterocycles. The van der Waals surface area contributed by atoms with Gasteiger partial charge in [0, 0.05) is 23.1 Å². The molecule has 0 radical (unpaired) electrons. The maximum Gasteiger partial charge on any atom is 0.320 e. The van der Waals surface area contributed by atoms with Gasteiger partial charge in [-0.3, -0.25) is 4.79 Å². The minimum Gasteiger partial charge on any atom is -0.480 e. The first-order valence-electron chi connectivity index (χ1n) is 5.38. The van der Waals surface area contributed by atoms with Crippen LogP contribution in [0.1, 0.15) is 12.8 Å².